The summed E-state index contributed by atoms with van der Waals surface area (Å²) in [5, 5.41) is 5.88. The lowest BCUT2D eigenvalue weighted by atomic mass is 9.98. The lowest BCUT2D eigenvalue weighted by Gasteiger charge is -2.28. The monoisotopic (exact) mass is 415 g/mol. The van der Waals surface area contributed by atoms with E-state index in [4.69, 9.17) is 9.15 Å². The Morgan fingerprint density at radius 3 is 2.70 bits per heavy atom. The maximum Gasteiger partial charge on any atom is 0.327 e. The van der Waals surface area contributed by atoms with Crippen LogP contribution in [0.4, 0.5) is 10.6 Å². The predicted octanol–water partition coefficient (Wildman–Crippen LogP) is 1.38. The summed E-state index contributed by atoms with van der Waals surface area (Å²) in [6.07, 6.45) is 0. The van der Waals surface area contributed by atoms with Crippen molar-refractivity contribution in [2.24, 2.45) is 5.41 Å². The molecule has 2 aliphatic rings. The van der Waals surface area contributed by atoms with Crippen LogP contribution in [0.3, 0.4) is 0 Å². The fourth-order valence-corrected chi connectivity index (χ4v) is 3.32. The van der Waals surface area contributed by atoms with Gasteiger partial charge in [0.25, 0.3) is 5.91 Å². The molecule has 2 saturated heterocycles. The minimum atomic E-state index is -0.984. The Balaban J connectivity index is 1.50. The highest BCUT2D eigenvalue weighted by Crippen LogP contribution is 2.29. The number of imide groups is 1. The first-order chi connectivity index (χ1) is 14.2. The first-order valence-corrected chi connectivity index (χ1v) is 9.89. The van der Waals surface area contributed by atoms with Crippen LogP contribution in [0.5, 0.6) is 0 Å². The number of hydrogen-bond acceptors (Lipinski definition) is 8. The molecular weight excluding hydrogens is 390 g/mol. The van der Waals surface area contributed by atoms with Crippen LogP contribution in [0.2, 0.25) is 0 Å². The van der Waals surface area contributed by atoms with Crippen molar-refractivity contribution in [1.82, 2.24) is 20.5 Å². The average Bonchev–Trinajstić information content (AvgIpc) is 3.26. The lowest BCUT2D eigenvalue weighted by molar-refractivity contribution is -0.158. The Labute approximate surface area is 173 Å². The van der Waals surface area contributed by atoms with E-state index in [1.807, 2.05) is 12.1 Å². The molecule has 4 rings (SSSR count). The molecule has 0 aliphatic carbocycles. The molecule has 2 fully saturated rings. The molecule has 2 aliphatic heterocycles. The summed E-state index contributed by atoms with van der Waals surface area (Å²) in [5.74, 6) is 0.0924. The van der Waals surface area contributed by atoms with Crippen molar-refractivity contribution in [3.8, 4) is 0 Å². The zero-order valence-electron chi connectivity index (χ0n) is 17.2. The second-order valence-electron chi connectivity index (χ2n) is 8.40. The van der Waals surface area contributed by atoms with Crippen molar-refractivity contribution < 1.29 is 23.5 Å². The summed E-state index contributed by atoms with van der Waals surface area (Å²) in [5.41, 5.74) is 0.412. The minimum Gasteiger partial charge on any atom is -0.457 e. The Kier molecular flexibility index (Phi) is 5.10. The number of rotatable bonds is 4. The van der Waals surface area contributed by atoms with Crippen molar-refractivity contribution in [3.05, 3.63) is 24.0 Å². The van der Waals surface area contributed by atoms with E-state index in [9.17, 15) is 14.4 Å². The Bertz CT molecular complexity index is 989. The van der Waals surface area contributed by atoms with Crippen LogP contribution in [0, 0.1) is 5.41 Å². The van der Waals surface area contributed by atoms with Gasteiger partial charge in [-0.1, -0.05) is 0 Å². The molecule has 2 N–H and O–H groups in total. The summed E-state index contributed by atoms with van der Waals surface area (Å²) < 4.78 is 10.9. The average molecular weight is 415 g/mol. The van der Waals surface area contributed by atoms with Gasteiger partial charge in [0.1, 0.15) is 17.1 Å². The van der Waals surface area contributed by atoms with Gasteiger partial charge in [0.2, 0.25) is 0 Å². The molecule has 4 heterocycles. The number of piperazine rings is 1. The first-order valence-electron chi connectivity index (χ1n) is 9.89. The fourth-order valence-electron chi connectivity index (χ4n) is 3.32. The van der Waals surface area contributed by atoms with Crippen molar-refractivity contribution >= 4 is 34.8 Å². The van der Waals surface area contributed by atoms with E-state index in [1.165, 1.54) is 0 Å². The molecule has 30 heavy (non-hydrogen) atoms. The zero-order valence-corrected chi connectivity index (χ0v) is 17.2. The molecule has 160 valence electrons. The van der Waals surface area contributed by atoms with Gasteiger partial charge in [0, 0.05) is 32.2 Å². The van der Waals surface area contributed by atoms with Crippen LogP contribution in [-0.4, -0.2) is 60.7 Å². The number of urea groups is 1. The number of aromatic nitrogens is 1. The topological polar surface area (TPSA) is 117 Å². The number of fused-ring (bicyclic) bond motifs is 1. The number of pyridine rings is 1. The number of carbonyl (C=O) groups excluding carboxylic acids is 3. The van der Waals surface area contributed by atoms with Crippen LogP contribution < -0.4 is 15.5 Å². The number of esters is 1. The van der Waals surface area contributed by atoms with Gasteiger partial charge in [0.15, 0.2) is 18.4 Å². The molecule has 0 spiro atoms. The Hall–Kier alpha value is -3.14. The number of anilines is 1. The molecule has 0 unspecified atom stereocenters. The van der Waals surface area contributed by atoms with Crippen molar-refractivity contribution in [1.29, 1.82) is 0 Å². The molecule has 2 aromatic rings. The van der Waals surface area contributed by atoms with Gasteiger partial charge in [-0.15, -0.1) is 0 Å². The van der Waals surface area contributed by atoms with Crippen molar-refractivity contribution in [2.45, 2.75) is 26.8 Å². The summed E-state index contributed by atoms with van der Waals surface area (Å²) >= 11 is 0. The smallest absolute Gasteiger partial charge is 0.327 e. The van der Waals surface area contributed by atoms with Gasteiger partial charge in [-0.25, -0.2) is 14.7 Å². The van der Waals surface area contributed by atoms with Crippen LogP contribution in [0.1, 0.15) is 32.6 Å². The van der Waals surface area contributed by atoms with Crippen molar-refractivity contribution in [3.63, 3.8) is 0 Å². The van der Waals surface area contributed by atoms with Gasteiger partial charge in [0.05, 0.1) is 5.41 Å². The number of carbonyl (C=O) groups is 3. The third-order valence-electron chi connectivity index (χ3n) is 5.07. The second kappa shape index (κ2) is 7.60. The maximum atomic E-state index is 12.7. The lowest BCUT2D eigenvalue weighted by Crippen LogP contribution is -2.43. The summed E-state index contributed by atoms with van der Waals surface area (Å²) in [7, 11) is 0. The van der Waals surface area contributed by atoms with Crippen LogP contribution in [-0.2, 0) is 14.3 Å². The van der Waals surface area contributed by atoms with Crippen molar-refractivity contribution in [2.75, 3.05) is 37.8 Å². The van der Waals surface area contributed by atoms with Gasteiger partial charge >= 0.3 is 12.0 Å². The third kappa shape index (κ3) is 3.82. The number of amides is 3. The van der Waals surface area contributed by atoms with Gasteiger partial charge < -0.3 is 24.7 Å². The highest BCUT2D eigenvalue weighted by atomic mass is 16.5. The maximum absolute atomic E-state index is 12.7. The molecule has 10 heteroatoms. The summed E-state index contributed by atoms with van der Waals surface area (Å²) in [6.45, 7) is 8.16. The summed E-state index contributed by atoms with van der Waals surface area (Å²) in [4.78, 5) is 44.6. The summed E-state index contributed by atoms with van der Waals surface area (Å²) in [6, 6.07) is 3.74. The number of nitrogens with one attached hydrogen (secondary N) is 2. The standard InChI is InChI=1S/C20H25N5O5/c1-20(2,3)18(27)29-11-25-17(26)16(23-19(25)28)14-10-12-13(30-14)4-5-15(22-12)24-8-6-21-7-9-24/h4-5,10,16,21H,6-9,11H2,1-3H3,(H,23,28)/t16-/m0/s1. The zero-order chi connectivity index (χ0) is 21.5. The quantitative estimate of drug-likeness (QED) is 0.568. The Morgan fingerprint density at radius 2 is 2.00 bits per heavy atom. The molecule has 0 radical (unpaired) electrons. The van der Waals surface area contributed by atoms with E-state index in [-0.39, 0.29) is 5.76 Å². The number of nitrogens with zero attached hydrogens (tertiary/aromatic N) is 3. The van der Waals surface area contributed by atoms with Gasteiger partial charge in [-0.05, 0) is 32.9 Å². The molecule has 0 bridgehead atoms. The first kappa shape index (κ1) is 20.1. The highest BCUT2D eigenvalue weighted by Gasteiger charge is 2.42. The number of ether oxygens (including phenoxy) is 1. The fraction of sp³-hybridized carbons (Fsp3) is 0.500. The predicted molar refractivity (Wildman–Crippen MR) is 108 cm³/mol. The highest BCUT2D eigenvalue weighted by molar-refractivity contribution is 6.04. The largest absolute Gasteiger partial charge is 0.457 e. The number of furan rings is 1. The third-order valence-corrected chi connectivity index (χ3v) is 5.07. The Morgan fingerprint density at radius 1 is 1.27 bits per heavy atom. The van der Waals surface area contributed by atoms with E-state index in [0.717, 1.165) is 36.9 Å². The van der Waals surface area contributed by atoms with Gasteiger partial charge in [-0.3, -0.25) is 9.59 Å². The van der Waals surface area contributed by atoms with E-state index < -0.39 is 36.1 Å². The molecule has 2 aromatic heterocycles. The van der Waals surface area contributed by atoms with Crippen LogP contribution >= 0.6 is 0 Å². The normalized spacial score (nSPS) is 20.0. The van der Waals surface area contributed by atoms with Crippen LogP contribution in [0.25, 0.3) is 11.1 Å². The minimum absolute atomic E-state index is 0.290. The molecule has 0 saturated carbocycles. The molecule has 1 atom stereocenters. The van der Waals surface area contributed by atoms with Gasteiger partial charge in [-0.2, -0.15) is 0 Å². The van der Waals surface area contributed by atoms with Crippen LogP contribution in [0.15, 0.2) is 22.6 Å². The second-order valence-corrected chi connectivity index (χ2v) is 8.40. The van der Waals surface area contributed by atoms with E-state index in [0.29, 0.717) is 11.1 Å². The molecular formula is C20H25N5O5. The van der Waals surface area contributed by atoms with E-state index >= 15 is 0 Å². The molecule has 0 aromatic carbocycles. The SMILES string of the molecule is CC(C)(C)C(=O)OCN1C(=O)N[C@@H](c2cc3nc(N4CCNCC4)ccc3o2)C1=O. The number of hydrogen-bond donors (Lipinski definition) is 2. The van der Waals surface area contributed by atoms with E-state index in [1.54, 1.807) is 26.8 Å². The van der Waals surface area contributed by atoms with E-state index in [2.05, 4.69) is 20.5 Å². The molecule has 10 nitrogen and oxygen atoms in total. The molecule has 3 amide bonds.